The number of amides is 1. The fourth-order valence-corrected chi connectivity index (χ4v) is 2.12. The second kappa shape index (κ2) is 6.30. The van der Waals surface area contributed by atoms with Gasteiger partial charge in [0.15, 0.2) is 0 Å². The molecule has 1 aromatic heterocycles. The molecule has 21 heavy (non-hydrogen) atoms. The molecule has 0 radical (unpaired) electrons. The number of H-pyrrole nitrogens is 1. The number of anilines is 1. The zero-order valence-electron chi connectivity index (χ0n) is 11.1. The molecule has 2 rings (SSSR count). The lowest BCUT2D eigenvalue weighted by Crippen LogP contribution is -2.22. The third-order valence-corrected chi connectivity index (χ3v) is 3.22. The number of rotatable bonds is 4. The lowest BCUT2D eigenvalue weighted by atomic mass is 10.1. The molecule has 1 aromatic rings. The van der Waals surface area contributed by atoms with Gasteiger partial charge in [-0.25, -0.2) is 0 Å². The van der Waals surface area contributed by atoms with Crippen LogP contribution in [0.2, 0.25) is 0 Å². The van der Waals surface area contributed by atoms with Crippen LogP contribution < -0.4 is 10.9 Å². The van der Waals surface area contributed by atoms with Gasteiger partial charge in [-0.15, -0.1) is 0 Å². The molecule has 2 N–H and O–H groups in total. The summed E-state index contributed by atoms with van der Waals surface area (Å²) < 4.78 is 43.0. The summed E-state index contributed by atoms with van der Waals surface area (Å²) in [5, 5.41) is 2.21. The topological polar surface area (TPSA) is 71.2 Å². The summed E-state index contributed by atoms with van der Waals surface area (Å²) in [6, 6.07) is 0.628. The number of hydrogen-bond donors (Lipinski definition) is 2. The summed E-state index contributed by atoms with van der Waals surface area (Å²) in [6.07, 6.45) is -1.60. The molecule has 0 saturated carbocycles. The zero-order valence-corrected chi connectivity index (χ0v) is 11.1. The minimum Gasteiger partial charge on any atom is -0.378 e. The molecule has 0 spiro atoms. The third-order valence-electron chi connectivity index (χ3n) is 3.22. The molecule has 0 bridgehead atoms. The Labute approximate surface area is 118 Å². The second-order valence-corrected chi connectivity index (χ2v) is 4.85. The summed E-state index contributed by atoms with van der Waals surface area (Å²) in [7, 11) is 0. The van der Waals surface area contributed by atoms with Crippen molar-refractivity contribution in [2.45, 2.75) is 38.0 Å². The predicted octanol–water partition coefficient (Wildman–Crippen LogP) is 2.29. The van der Waals surface area contributed by atoms with Gasteiger partial charge in [0.2, 0.25) is 5.91 Å². The largest absolute Gasteiger partial charge is 0.417 e. The number of halogens is 3. The van der Waals surface area contributed by atoms with Crippen LogP contribution in [0.15, 0.2) is 17.1 Å². The van der Waals surface area contributed by atoms with Crippen LogP contribution in [0.1, 0.15) is 31.2 Å². The molecule has 1 saturated heterocycles. The van der Waals surface area contributed by atoms with Gasteiger partial charge in [-0.1, -0.05) is 0 Å². The Balaban J connectivity index is 1.97. The highest BCUT2D eigenvalue weighted by Gasteiger charge is 2.31. The van der Waals surface area contributed by atoms with Gasteiger partial charge in [0.1, 0.15) is 5.69 Å². The Morgan fingerprint density at radius 3 is 2.86 bits per heavy atom. The van der Waals surface area contributed by atoms with Crippen molar-refractivity contribution in [1.29, 1.82) is 0 Å². The number of aromatic nitrogens is 1. The summed E-state index contributed by atoms with van der Waals surface area (Å²) in [5.41, 5.74) is -2.19. The van der Waals surface area contributed by atoms with Crippen LogP contribution >= 0.6 is 0 Å². The molecular weight excluding hydrogens is 289 g/mol. The Morgan fingerprint density at radius 2 is 2.24 bits per heavy atom. The van der Waals surface area contributed by atoms with E-state index in [1.54, 1.807) is 0 Å². The fraction of sp³-hybridized carbons (Fsp3) is 0.538. The van der Waals surface area contributed by atoms with Crippen molar-refractivity contribution < 1.29 is 22.7 Å². The van der Waals surface area contributed by atoms with E-state index in [0.29, 0.717) is 25.3 Å². The number of nitrogens with one attached hydrogen (secondary N) is 2. The van der Waals surface area contributed by atoms with Crippen LogP contribution in [0, 0.1) is 0 Å². The van der Waals surface area contributed by atoms with Crippen molar-refractivity contribution in [2.24, 2.45) is 0 Å². The number of carbonyl (C=O) groups is 1. The van der Waals surface area contributed by atoms with Crippen molar-refractivity contribution in [3.63, 3.8) is 0 Å². The van der Waals surface area contributed by atoms with Gasteiger partial charge in [-0.3, -0.25) is 9.59 Å². The van der Waals surface area contributed by atoms with Gasteiger partial charge in [-0.05, 0) is 25.3 Å². The van der Waals surface area contributed by atoms with Crippen LogP contribution in [0.5, 0.6) is 0 Å². The monoisotopic (exact) mass is 304 g/mol. The van der Waals surface area contributed by atoms with Gasteiger partial charge < -0.3 is 15.0 Å². The minimum absolute atomic E-state index is 0.00976. The number of carbonyl (C=O) groups excluding carboxylic acids is 1. The Bertz CT molecular complexity index is 563. The SMILES string of the molecule is O=C(CCC1CCCO1)Nc1cc(C(F)(F)F)c[nH]c1=O. The van der Waals surface area contributed by atoms with E-state index >= 15 is 0 Å². The second-order valence-electron chi connectivity index (χ2n) is 4.85. The molecule has 1 aliphatic rings. The number of alkyl halides is 3. The maximum Gasteiger partial charge on any atom is 0.417 e. The van der Waals surface area contributed by atoms with Crippen LogP contribution in [-0.2, 0) is 15.7 Å². The van der Waals surface area contributed by atoms with Crippen molar-refractivity contribution >= 4 is 11.6 Å². The lowest BCUT2D eigenvalue weighted by Gasteiger charge is -2.10. The van der Waals surface area contributed by atoms with E-state index in [0.717, 1.165) is 12.8 Å². The molecule has 1 unspecified atom stereocenters. The van der Waals surface area contributed by atoms with Crippen molar-refractivity contribution in [1.82, 2.24) is 4.98 Å². The van der Waals surface area contributed by atoms with Gasteiger partial charge in [0.25, 0.3) is 5.56 Å². The molecule has 0 aromatic carbocycles. The predicted molar refractivity (Wildman–Crippen MR) is 68.9 cm³/mol. The van der Waals surface area contributed by atoms with E-state index in [1.807, 2.05) is 4.98 Å². The Kier molecular flexibility index (Phi) is 4.66. The number of aromatic amines is 1. The van der Waals surface area contributed by atoms with E-state index in [4.69, 9.17) is 4.74 Å². The minimum atomic E-state index is -4.58. The Hall–Kier alpha value is -1.83. The van der Waals surface area contributed by atoms with E-state index in [9.17, 15) is 22.8 Å². The average molecular weight is 304 g/mol. The van der Waals surface area contributed by atoms with Gasteiger partial charge in [0, 0.05) is 19.2 Å². The van der Waals surface area contributed by atoms with Crippen LogP contribution in [0.3, 0.4) is 0 Å². The standard InChI is InChI=1S/C13H15F3N2O3/c14-13(15,16)8-6-10(12(20)17-7-8)18-11(19)4-3-9-2-1-5-21-9/h6-7,9H,1-5H2,(H,17,20)(H,18,19). The molecule has 8 heteroatoms. The van der Waals surface area contributed by atoms with E-state index < -0.39 is 28.9 Å². The first-order valence-corrected chi connectivity index (χ1v) is 6.57. The van der Waals surface area contributed by atoms with Crippen LogP contribution in [0.25, 0.3) is 0 Å². The maximum atomic E-state index is 12.5. The highest BCUT2D eigenvalue weighted by atomic mass is 19.4. The number of pyridine rings is 1. The molecule has 1 fully saturated rings. The van der Waals surface area contributed by atoms with E-state index in [2.05, 4.69) is 5.32 Å². The molecule has 1 atom stereocenters. The summed E-state index contributed by atoms with van der Waals surface area (Å²) in [4.78, 5) is 25.1. The Morgan fingerprint density at radius 1 is 1.48 bits per heavy atom. The molecular formula is C13H15F3N2O3. The van der Waals surface area contributed by atoms with Gasteiger partial charge >= 0.3 is 6.18 Å². The van der Waals surface area contributed by atoms with Crippen LogP contribution in [0.4, 0.5) is 18.9 Å². The highest BCUT2D eigenvalue weighted by molar-refractivity contribution is 5.90. The molecule has 1 amide bonds. The molecule has 1 aliphatic heterocycles. The lowest BCUT2D eigenvalue weighted by molar-refractivity contribution is -0.137. The molecule has 116 valence electrons. The zero-order chi connectivity index (χ0) is 15.5. The fourth-order valence-electron chi connectivity index (χ4n) is 2.12. The smallest absolute Gasteiger partial charge is 0.378 e. The van der Waals surface area contributed by atoms with Crippen molar-refractivity contribution in [3.8, 4) is 0 Å². The maximum absolute atomic E-state index is 12.5. The third kappa shape index (κ3) is 4.32. The van der Waals surface area contributed by atoms with E-state index in [-0.39, 0.29) is 12.5 Å². The highest BCUT2D eigenvalue weighted by Crippen LogP contribution is 2.29. The van der Waals surface area contributed by atoms with Crippen molar-refractivity contribution in [2.75, 3.05) is 11.9 Å². The molecule has 5 nitrogen and oxygen atoms in total. The first kappa shape index (κ1) is 15.6. The number of ether oxygens (including phenoxy) is 1. The van der Waals surface area contributed by atoms with Crippen molar-refractivity contribution in [3.05, 3.63) is 28.2 Å². The van der Waals surface area contributed by atoms with Gasteiger partial charge in [-0.2, -0.15) is 13.2 Å². The molecule has 0 aliphatic carbocycles. The first-order chi connectivity index (χ1) is 9.86. The van der Waals surface area contributed by atoms with Crippen LogP contribution in [-0.4, -0.2) is 23.6 Å². The normalized spacial score (nSPS) is 18.7. The summed E-state index contributed by atoms with van der Waals surface area (Å²) in [6.45, 7) is 0.666. The number of hydrogen-bond acceptors (Lipinski definition) is 3. The molecule has 2 heterocycles. The summed E-state index contributed by atoms with van der Waals surface area (Å²) >= 11 is 0. The first-order valence-electron chi connectivity index (χ1n) is 6.57. The average Bonchev–Trinajstić information content (AvgIpc) is 2.91. The summed E-state index contributed by atoms with van der Waals surface area (Å²) in [5.74, 6) is -0.504. The van der Waals surface area contributed by atoms with Gasteiger partial charge in [0.05, 0.1) is 11.7 Å². The quantitative estimate of drug-likeness (QED) is 0.896. The van der Waals surface area contributed by atoms with E-state index in [1.165, 1.54) is 0 Å².